The molecule has 136 valence electrons. The highest BCUT2D eigenvalue weighted by Gasteiger charge is 2.16. The standard InChI is InChI=1S/C16H20O7P2/c17-16-3-1-14(2-4-16)15-10-12(5-7-24(18,19)20)9-13(11-15)6-8-25(21,22)23/h1-4,9-11,17H,5-8H2,(H2,18,19,20)(H2,21,22,23). The normalized spacial score (nSPS) is 12.3. The molecular weight excluding hydrogens is 366 g/mol. The van der Waals surface area contributed by atoms with Gasteiger partial charge in [-0.05, 0) is 47.2 Å². The summed E-state index contributed by atoms with van der Waals surface area (Å²) in [6.45, 7) is 0. The smallest absolute Gasteiger partial charge is 0.325 e. The summed E-state index contributed by atoms with van der Waals surface area (Å²) < 4.78 is 22.2. The summed E-state index contributed by atoms with van der Waals surface area (Å²) in [5, 5.41) is 9.39. The second kappa shape index (κ2) is 7.83. The maximum atomic E-state index is 11.1. The maximum absolute atomic E-state index is 11.1. The topological polar surface area (TPSA) is 135 Å². The third-order valence-corrected chi connectivity index (χ3v) is 5.25. The summed E-state index contributed by atoms with van der Waals surface area (Å²) in [4.78, 5) is 36.2. The third-order valence-electron chi connectivity index (χ3n) is 3.64. The molecule has 9 heteroatoms. The minimum absolute atomic E-state index is 0.114. The summed E-state index contributed by atoms with van der Waals surface area (Å²) in [7, 11) is -8.28. The van der Waals surface area contributed by atoms with E-state index in [4.69, 9.17) is 19.6 Å². The quantitative estimate of drug-likeness (QED) is 0.461. The Bertz CT molecular complexity index is 777. The van der Waals surface area contributed by atoms with E-state index in [1.165, 1.54) is 12.1 Å². The van der Waals surface area contributed by atoms with Crippen LogP contribution in [-0.4, -0.2) is 37.0 Å². The van der Waals surface area contributed by atoms with Gasteiger partial charge in [-0.2, -0.15) is 0 Å². The molecule has 2 rings (SSSR count). The largest absolute Gasteiger partial charge is 0.508 e. The Morgan fingerprint density at radius 1 is 0.680 bits per heavy atom. The van der Waals surface area contributed by atoms with Crippen molar-refractivity contribution in [2.45, 2.75) is 12.8 Å². The van der Waals surface area contributed by atoms with Crippen LogP contribution in [-0.2, 0) is 22.0 Å². The van der Waals surface area contributed by atoms with Crippen molar-refractivity contribution in [3.8, 4) is 16.9 Å². The Hall–Kier alpha value is -1.46. The summed E-state index contributed by atoms with van der Waals surface area (Å²) in [5.41, 5.74) is 2.89. The number of rotatable bonds is 7. The molecule has 0 heterocycles. The average Bonchev–Trinajstić information content (AvgIpc) is 2.50. The van der Waals surface area contributed by atoms with Crippen LogP contribution in [0.2, 0.25) is 0 Å². The van der Waals surface area contributed by atoms with Gasteiger partial charge in [0.1, 0.15) is 5.75 Å². The Kier molecular flexibility index (Phi) is 6.22. The van der Waals surface area contributed by atoms with Crippen LogP contribution in [0.5, 0.6) is 5.75 Å². The second-order valence-corrected chi connectivity index (χ2v) is 9.41. The first-order chi connectivity index (χ1) is 11.5. The highest BCUT2D eigenvalue weighted by molar-refractivity contribution is 7.52. The molecule has 0 aromatic heterocycles. The molecule has 0 aliphatic heterocycles. The van der Waals surface area contributed by atoms with Gasteiger partial charge in [0.15, 0.2) is 0 Å². The van der Waals surface area contributed by atoms with Gasteiger partial charge in [0, 0.05) is 0 Å². The van der Waals surface area contributed by atoms with Gasteiger partial charge in [-0.25, -0.2) is 0 Å². The van der Waals surface area contributed by atoms with Crippen molar-refractivity contribution in [2.24, 2.45) is 0 Å². The van der Waals surface area contributed by atoms with Crippen LogP contribution in [0.3, 0.4) is 0 Å². The fourth-order valence-corrected chi connectivity index (χ4v) is 3.52. The van der Waals surface area contributed by atoms with Gasteiger partial charge in [-0.15, -0.1) is 0 Å². The molecule has 2 aromatic rings. The minimum Gasteiger partial charge on any atom is -0.508 e. The molecule has 0 spiro atoms. The van der Waals surface area contributed by atoms with Crippen LogP contribution in [0.4, 0.5) is 0 Å². The molecule has 2 aromatic carbocycles. The molecule has 0 radical (unpaired) electrons. The Labute approximate surface area is 145 Å². The van der Waals surface area contributed by atoms with Crippen molar-refractivity contribution in [1.82, 2.24) is 0 Å². The molecule has 5 N–H and O–H groups in total. The molecule has 0 bridgehead atoms. The first-order valence-corrected chi connectivity index (χ1v) is 11.1. The van der Waals surface area contributed by atoms with Crippen molar-refractivity contribution in [3.63, 3.8) is 0 Å². The number of hydrogen-bond donors (Lipinski definition) is 5. The SMILES string of the molecule is O=P(O)(O)CCc1cc(CCP(=O)(O)O)cc(-c2ccc(O)cc2)c1. The van der Waals surface area contributed by atoms with E-state index in [1.807, 2.05) is 0 Å². The van der Waals surface area contributed by atoms with E-state index in [1.54, 1.807) is 30.3 Å². The number of benzene rings is 2. The van der Waals surface area contributed by atoms with Gasteiger partial charge in [-0.1, -0.05) is 30.3 Å². The van der Waals surface area contributed by atoms with Crippen molar-refractivity contribution in [1.29, 1.82) is 0 Å². The molecule has 0 saturated carbocycles. The number of phenolic OH excluding ortho intramolecular Hbond substituents is 1. The maximum Gasteiger partial charge on any atom is 0.325 e. The highest BCUT2D eigenvalue weighted by atomic mass is 31.2. The van der Waals surface area contributed by atoms with Gasteiger partial charge in [0.25, 0.3) is 0 Å². The van der Waals surface area contributed by atoms with Gasteiger partial charge in [0.05, 0.1) is 12.3 Å². The molecule has 0 atom stereocenters. The van der Waals surface area contributed by atoms with Crippen LogP contribution in [0.1, 0.15) is 11.1 Å². The second-order valence-electron chi connectivity index (χ2n) is 5.86. The lowest BCUT2D eigenvalue weighted by atomic mass is 9.97. The molecular formula is C16H20O7P2. The molecule has 0 fully saturated rings. The lowest BCUT2D eigenvalue weighted by Gasteiger charge is -2.12. The lowest BCUT2D eigenvalue weighted by molar-refractivity contribution is 0.371. The fourth-order valence-electron chi connectivity index (χ4n) is 2.42. The molecule has 0 amide bonds. The predicted octanol–water partition coefficient (Wildman–Crippen LogP) is 2.50. The Morgan fingerprint density at radius 3 is 1.52 bits per heavy atom. The number of aromatic hydroxyl groups is 1. The Morgan fingerprint density at radius 2 is 1.12 bits per heavy atom. The van der Waals surface area contributed by atoms with E-state index in [9.17, 15) is 14.2 Å². The van der Waals surface area contributed by atoms with E-state index in [0.29, 0.717) is 11.1 Å². The van der Waals surface area contributed by atoms with Crippen LogP contribution in [0, 0.1) is 0 Å². The molecule has 7 nitrogen and oxygen atoms in total. The first-order valence-electron chi connectivity index (χ1n) is 7.53. The van der Waals surface area contributed by atoms with Crippen LogP contribution < -0.4 is 0 Å². The van der Waals surface area contributed by atoms with E-state index in [-0.39, 0.29) is 30.9 Å². The zero-order valence-electron chi connectivity index (χ0n) is 13.3. The number of phenols is 1. The van der Waals surface area contributed by atoms with Gasteiger partial charge in [0.2, 0.25) is 0 Å². The van der Waals surface area contributed by atoms with Gasteiger partial charge < -0.3 is 24.7 Å². The summed E-state index contributed by atoms with van der Waals surface area (Å²) in [6, 6.07) is 11.7. The predicted molar refractivity (Wildman–Crippen MR) is 94.8 cm³/mol. The van der Waals surface area contributed by atoms with Gasteiger partial charge >= 0.3 is 15.2 Å². The van der Waals surface area contributed by atoms with Crippen molar-refractivity contribution < 1.29 is 33.8 Å². The van der Waals surface area contributed by atoms with E-state index in [0.717, 1.165) is 11.1 Å². The van der Waals surface area contributed by atoms with Crippen molar-refractivity contribution in [3.05, 3.63) is 53.6 Å². The van der Waals surface area contributed by atoms with E-state index < -0.39 is 15.2 Å². The molecule has 0 saturated heterocycles. The summed E-state index contributed by atoms with van der Waals surface area (Å²) in [6.07, 6.45) is -0.299. The zero-order valence-corrected chi connectivity index (χ0v) is 15.1. The average molecular weight is 386 g/mol. The number of hydrogen-bond acceptors (Lipinski definition) is 3. The van der Waals surface area contributed by atoms with Crippen LogP contribution >= 0.6 is 15.2 Å². The summed E-state index contributed by atoms with van der Waals surface area (Å²) >= 11 is 0. The van der Waals surface area contributed by atoms with E-state index >= 15 is 0 Å². The van der Waals surface area contributed by atoms with Crippen LogP contribution in [0.25, 0.3) is 11.1 Å². The molecule has 0 unspecified atom stereocenters. The zero-order chi connectivity index (χ0) is 18.7. The molecule has 0 aliphatic rings. The summed E-state index contributed by atoms with van der Waals surface area (Å²) in [5.74, 6) is 0.114. The van der Waals surface area contributed by atoms with Crippen molar-refractivity contribution in [2.75, 3.05) is 12.3 Å². The lowest BCUT2D eigenvalue weighted by Crippen LogP contribution is -1.99. The van der Waals surface area contributed by atoms with Crippen molar-refractivity contribution >= 4 is 15.2 Å². The molecule has 25 heavy (non-hydrogen) atoms. The highest BCUT2D eigenvalue weighted by Crippen LogP contribution is 2.37. The van der Waals surface area contributed by atoms with Crippen LogP contribution in [0.15, 0.2) is 42.5 Å². The van der Waals surface area contributed by atoms with E-state index in [2.05, 4.69) is 0 Å². The Balaban J connectivity index is 2.34. The monoisotopic (exact) mass is 386 g/mol. The number of aryl methyl sites for hydroxylation is 2. The molecule has 0 aliphatic carbocycles. The minimum atomic E-state index is -4.14. The first kappa shape index (κ1) is 19.9. The third kappa shape index (κ3) is 7.12. The van der Waals surface area contributed by atoms with Gasteiger partial charge in [-0.3, -0.25) is 9.13 Å². The fraction of sp³-hybridized carbons (Fsp3) is 0.250.